The van der Waals surface area contributed by atoms with Gasteiger partial charge in [-0.2, -0.15) is 13.2 Å². The molecular weight excluding hydrogens is 539 g/mol. The van der Waals surface area contributed by atoms with Crippen molar-refractivity contribution in [3.8, 4) is 0 Å². The SMILES string of the molecule is COC(=O)c1ccc(C(F)(F)F)nc1C1=C(OC(=O)SC)c2nccnc2N(CCC(F)F)S1(=O)=O. The fourth-order valence-corrected chi connectivity index (χ4v) is 4.94. The lowest BCUT2D eigenvalue weighted by Crippen LogP contribution is -2.39. The van der Waals surface area contributed by atoms with Crippen LogP contribution in [-0.2, 0) is 25.7 Å². The van der Waals surface area contributed by atoms with Crippen LogP contribution in [0.2, 0.25) is 0 Å². The van der Waals surface area contributed by atoms with E-state index in [0.717, 1.165) is 19.5 Å². The van der Waals surface area contributed by atoms with Crippen LogP contribution in [0.25, 0.3) is 10.7 Å². The van der Waals surface area contributed by atoms with E-state index < -0.39 is 86.0 Å². The summed E-state index contributed by atoms with van der Waals surface area (Å²) in [6, 6.07) is 1.05. The topological polar surface area (TPSA) is 129 Å². The number of aromatic nitrogens is 3. The van der Waals surface area contributed by atoms with Crippen molar-refractivity contribution in [2.75, 3.05) is 24.2 Å². The molecule has 0 fully saturated rings. The first-order valence-corrected chi connectivity index (χ1v) is 12.3. The average Bonchev–Trinajstić information content (AvgIpc) is 2.81. The largest absolute Gasteiger partial charge is 0.465 e. The number of halogens is 5. The maximum atomic E-state index is 13.7. The second-order valence-corrected chi connectivity index (χ2v) is 9.32. The van der Waals surface area contributed by atoms with Gasteiger partial charge in [0.2, 0.25) is 6.43 Å². The highest BCUT2D eigenvalue weighted by Crippen LogP contribution is 2.44. The Morgan fingerprint density at radius 1 is 1.14 bits per heavy atom. The number of sulfonamides is 1. The van der Waals surface area contributed by atoms with E-state index in [-0.39, 0.29) is 0 Å². The molecule has 0 amide bonds. The van der Waals surface area contributed by atoms with Gasteiger partial charge in [-0.05, 0) is 30.2 Å². The van der Waals surface area contributed by atoms with E-state index in [9.17, 15) is 40.0 Å². The predicted octanol–water partition coefficient (Wildman–Crippen LogP) is 3.81. The Morgan fingerprint density at radius 2 is 1.81 bits per heavy atom. The summed E-state index contributed by atoms with van der Waals surface area (Å²) >= 11 is 0.485. The first-order chi connectivity index (χ1) is 16.8. The van der Waals surface area contributed by atoms with Crippen LogP contribution in [0, 0.1) is 0 Å². The Balaban J connectivity index is 2.47. The number of alkyl halides is 5. The van der Waals surface area contributed by atoms with Gasteiger partial charge in [-0.3, -0.25) is 0 Å². The summed E-state index contributed by atoms with van der Waals surface area (Å²) in [4.78, 5) is 34.4. The molecule has 0 aromatic carbocycles. The van der Waals surface area contributed by atoms with Crippen molar-refractivity contribution in [2.45, 2.75) is 19.0 Å². The fourth-order valence-electron chi connectivity index (χ4n) is 3.08. The minimum Gasteiger partial charge on any atom is -0.465 e. The highest BCUT2D eigenvalue weighted by molar-refractivity contribution is 8.12. The molecule has 3 heterocycles. The molecular formula is C19H15F5N4O6S2. The van der Waals surface area contributed by atoms with Gasteiger partial charge < -0.3 is 9.47 Å². The van der Waals surface area contributed by atoms with E-state index in [2.05, 4.69) is 19.7 Å². The number of rotatable bonds is 6. The number of thioether (sulfide) groups is 1. The van der Waals surface area contributed by atoms with Crippen LogP contribution in [0.15, 0.2) is 24.5 Å². The van der Waals surface area contributed by atoms with Gasteiger partial charge >= 0.3 is 17.4 Å². The first kappa shape index (κ1) is 27.3. The lowest BCUT2D eigenvalue weighted by Gasteiger charge is -2.31. The molecule has 194 valence electrons. The summed E-state index contributed by atoms with van der Waals surface area (Å²) in [7, 11) is -4.22. The third-order valence-corrected chi connectivity index (χ3v) is 6.84. The number of pyridine rings is 1. The van der Waals surface area contributed by atoms with Gasteiger partial charge in [0.15, 0.2) is 22.2 Å². The molecule has 36 heavy (non-hydrogen) atoms. The maximum absolute atomic E-state index is 13.7. The number of anilines is 1. The molecule has 3 rings (SSSR count). The lowest BCUT2D eigenvalue weighted by molar-refractivity contribution is -0.141. The van der Waals surface area contributed by atoms with Crippen LogP contribution < -0.4 is 4.31 Å². The molecule has 0 radical (unpaired) electrons. The summed E-state index contributed by atoms with van der Waals surface area (Å²) < 4.78 is 104. The zero-order valence-corrected chi connectivity index (χ0v) is 19.9. The molecule has 0 spiro atoms. The Hall–Kier alpha value is -3.34. The van der Waals surface area contributed by atoms with E-state index in [1.165, 1.54) is 6.26 Å². The Bertz CT molecular complexity index is 1330. The summed E-state index contributed by atoms with van der Waals surface area (Å²) in [5, 5.41) is -1.10. The molecule has 0 unspecified atom stereocenters. The molecule has 1 aliphatic rings. The fraction of sp³-hybridized carbons (Fsp3) is 0.316. The van der Waals surface area contributed by atoms with Crippen molar-refractivity contribution in [3.63, 3.8) is 0 Å². The summed E-state index contributed by atoms with van der Waals surface area (Å²) in [6.07, 6.45) is -5.66. The second-order valence-electron chi connectivity index (χ2n) is 6.78. The number of ether oxygens (including phenoxy) is 2. The van der Waals surface area contributed by atoms with Gasteiger partial charge in [0.05, 0.1) is 12.7 Å². The number of nitrogens with zero attached hydrogens (tertiary/aromatic N) is 4. The number of carbonyl (C=O) groups excluding carboxylic acids is 2. The Kier molecular flexibility index (Phi) is 7.82. The molecule has 0 atom stereocenters. The lowest BCUT2D eigenvalue weighted by atomic mass is 10.1. The van der Waals surface area contributed by atoms with Gasteiger partial charge in [0, 0.05) is 25.4 Å². The molecule has 0 N–H and O–H groups in total. The molecule has 0 saturated carbocycles. The van der Waals surface area contributed by atoms with Crippen molar-refractivity contribution in [3.05, 3.63) is 47.2 Å². The van der Waals surface area contributed by atoms with Crippen molar-refractivity contribution in [1.29, 1.82) is 0 Å². The third-order valence-electron chi connectivity index (χ3n) is 4.59. The smallest absolute Gasteiger partial charge is 0.433 e. The van der Waals surface area contributed by atoms with Gasteiger partial charge in [0.25, 0.3) is 10.0 Å². The van der Waals surface area contributed by atoms with Crippen molar-refractivity contribution in [2.24, 2.45) is 0 Å². The van der Waals surface area contributed by atoms with Gasteiger partial charge in [-0.15, -0.1) is 0 Å². The minimum atomic E-state index is -5.10. The highest BCUT2D eigenvalue weighted by atomic mass is 32.2. The third kappa shape index (κ3) is 5.25. The molecule has 10 nitrogen and oxygen atoms in total. The summed E-state index contributed by atoms with van der Waals surface area (Å²) in [5.74, 6) is -2.67. The number of hydrogen-bond donors (Lipinski definition) is 0. The van der Waals surface area contributed by atoms with Gasteiger partial charge in [-0.1, -0.05) is 0 Å². The van der Waals surface area contributed by atoms with Crippen LogP contribution in [0.5, 0.6) is 0 Å². The number of esters is 1. The normalized spacial score (nSPS) is 15.1. The standard InChI is InChI=1S/C19H15F5N4O6S2/c1-33-17(29)9-3-4-10(19(22,23)24)27-12(9)15-14(34-18(30)35-2)13-16(26-7-6-25-13)28(36(15,31)32)8-5-11(20)21/h3-4,6-7,11H,5,8H2,1-2H3. The van der Waals surface area contributed by atoms with E-state index in [1.54, 1.807) is 0 Å². The summed E-state index contributed by atoms with van der Waals surface area (Å²) in [5.41, 5.74) is -3.87. The molecule has 2 aromatic heterocycles. The molecule has 0 aliphatic carbocycles. The number of fused-ring (bicyclic) bond motifs is 1. The monoisotopic (exact) mass is 554 g/mol. The highest BCUT2D eigenvalue weighted by Gasteiger charge is 2.45. The molecule has 0 bridgehead atoms. The second kappa shape index (κ2) is 10.3. The predicted molar refractivity (Wildman–Crippen MR) is 116 cm³/mol. The number of hydrogen-bond acceptors (Lipinski definition) is 10. The van der Waals surface area contributed by atoms with Crippen LogP contribution >= 0.6 is 11.8 Å². The average molecular weight is 554 g/mol. The van der Waals surface area contributed by atoms with Crippen LogP contribution in [0.3, 0.4) is 0 Å². The van der Waals surface area contributed by atoms with E-state index in [0.29, 0.717) is 28.2 Å². The number of carbonyl (C=O) groups is 2. The van der Waals surface area contributed by atoms with Crippen molar-refractivity contribution >= 4 is 49.5 Å². The Labute approximate surface area is 204 Å². The molecule has 2 aromatic rings. The Morgan fingerprint density at radius 3 is 2.39 bits per heavy atom. The van der Waals surface area contributed by atoms with Crippen molar-refractivity contribution in [1.82, 2.24) is 15.0 Å². The molecule has 0 saturated heterocycles. The minimum absolute atomic E-state index is 0.371. The van der Waals surface area contributed by atoms with Gasteiger partial charge in [-0.25, -0.2) is 46.0 Å². The quantitative estimate of drug-likeness (QED) is 0.384. The van der Waals surface area contributed by atoms with Crippen molar-refractivity contribution < 1.29 is 49.4 Å². The molecule has 17 heteroatoms. The van der Waals surface area contributed by atoms with Crippen LogP contribution in [0.4, 0.5) is 32.6 Å². The first-order valence-electron chi connectivity index (χ1n) is 9.62. The number of methoxy groups -OCH3 is 1. The zero-order valence-electron chi connectivity index (χ0n) is 18.2. The summed E-state index contributed by atoms with van der Waals surface area (Å²) in [6.45, 7) is -0.870. The van der Waals surface area contributed by atoms with E-state index in [4.69, 9.17) is 4.74 Å². The van der Waals surface area contributed by atoms with E-state index in [1.807, 2.05) is 0 Å². The van der Waals surface area contributed by atoms with Crippen LogP contribution in [0.1, 0.15) is 33.9 Å². The van der Waals surface area contributed by atoms with Crippen LogP contribution in [-0.4, -0.2) is 61.0 Å². The van der Waals surface area contributed by atoms with E-state index >= 15 is 0 Å². The van der Waals surface area contributed by atoms with Gasteiger partial charge in [0.1, 0.15) is 11.4 Å². The maximum Gasteiger partial charge on any atom is 0.433 e. The molecule has 1 aliphatic heterocycles. The zero-order chi connectivity index (χ0) is 26.8.